The second-order valence-electron chi connectivity index (χ2n) is 10.7. The van der Waals surface area contributed by atoms with Crippen molar-refractivity contribution in [1.82, 2.24) is 0 Å². The number of carbonyl (C=O) groups is 3. The molecule has 0 aromatic heterocycles. The Morgan fingerprint density at radius 1 is 0.881 bits per heavy atom. The number of nitrogens with zero attached hydrogens (tertiary/aromatic N) is 2. The largest absolute Gasteiger partial charge is 0.497 e. The van der Waals surface area contributed by atoms with Gasteiger partial charge in [0.2, 0.25) is 0 Å². The maximum Gasteiger partial charge on any atom is 0.270 e. The number of ether oxygens (including phenoxy) is 1. The van der Waals surface area contributed by atoms with E-state index in [4.69, 9.17) is 4.74 Å². The van der Waals surface area contributed by atoms with Gasteiger partial charge in [-0.1, -0.05) is 78.9 Å². The van der Waals surface area contributed by atoms with E-state index in [9.17, 15) is 24.5 Å². The van der Waals surface area contributed by atoms with Gasteiger partial charge in [-0.15, -0.1) is 0 Å². The highest BCUT2D eigenvalue weighted by molar-refractivity contribution is 6.32. The molecule has 0 saturated carbocycles. The summed E-state index contributed by atoms with van der Waals surface area (Å²) in [6, 6.07) is 25.2. The van der Waals surface area contributed by atoms with Gasteiger partial charge in [-0.05, 0) is 29.3 Å². The third kappa shape index (κ3) is 3.38. The minimum atomic E-state index is -1.65. The van der Waals surface area contributed by atoms with E-state index in [-0.39, 0.29) is 22.8 Å². The van der Waals surface area contributed by atoms with Gasteiger partial charge in [-0.3, -0.25) is 24.5 Å². The van der Waals surface area contributed by atoms with Crippen molar-refractivity contribution in [3.63, 3.8) is 0 Å². The van der Waals surface area contributed by atoms with Crippen molar-refractivity contribution in [3.8, 4) is 5.75 Å². The number of carbonyl (C=O) groups excluding carboxylic acids is 3. The van der Waals surface area contributed by atoms with E-state index < -0.39 is 34.1 Å². The first-order valence-electron chi connectivity index (χ1n) is 13.5. The molecular weight excluding hydrogens is 532 g/mol. The number of ketones is 3. The summed E-state index contributed by atoms with van der Waals surface area (Å²) in [5.74, 6) is -1.41. The highest BCUT2D eigenvalue weighted by Gasteiger charge is 2.71. The van der Waals surface area contributed by atoms with E-state index in [1.807, 2.05) is 41.3 Å². The predicted octanol–water partition coefficient (Wildman–Crippen LogP) is 5.92. The molecule has 8 nitrogen and oxygen atoms in total. The summed E-state index contributed by atoms with van der Waals surface area (Å²) in [5.41, 5.74) is 1.09. The number of anilines is 1. The summed E-state index contributed by atoms with van der Waals surface area (Å²) in [7, 11) is 1.54. The van der Waals surface area contributed by atoms with E-state index in [1.54, 1.807) is 61.7 Å². The van der Waals surface area contributed by atoms with Crippen molar-refractivity contribution in [2.24, 2.45) is 5.41 Å². The van der Waals surface area contributed by atoms with Crippen LogP contribution in [0.25, 0.3) is 6.08 Å². The van der Waals surface area contributed by atoms with Crippen molar-refractivity contribution in [3.05, 3.63) is 141 Å². The summed E-state index contributed by atoms with van der Waals surface area (Å²) in [6.07, 6.45) is 3.74. The molecule has 3 aliphatic rings. The second-order valence-corrected chi connectivity index (χ2v) is 10.7. The number of fused-ring (bicyclic) bond motifs is 5. The van der Waals surface area contributed by atoms with E-state index in [2.05, 4.69) is 0 Å². The van der Waals surface area contributed by atoms with E-state index in [1.165, 1.54) is 18.2 Å². The van der Waals surface area contributed by atoms with Gasteiger partial charge in [-0.25, -0.2) is 0 Å². The minimum absolute atomic E-state index is 0.131. The molecule has 0 amide bonds. The lowest BCUT2D eigenvalue weighted by Crippen LogP contribution is -2.48. The van der Waals surface area contributed by atoms with Gasteiger partial charge in [0, 0.05) is 40.4 Å². The summed E-state index contributed by atoms with van der Waals surface area (Å²) in [4.78, 5) is 56.9. The van der Waals surface area contributed by atoms with Crippen LogP contribution in [0.3, 0.4) is 0 Å². The minimum Gasteiger partial charge on any atom is -0.497 e. The van der Waals surface area contributed by atoms with Crippen LogP contribution < -0.4 is 9.64 Å². The Morgan fingerprint density at radius 2 is 1.55 bits per heavy atom. The Labute approximate surface area is 241 Å². The zero-order chi connectivity index (χ0) is 29.2. The molecule has 3 atom stereocenters. The topological polar surface area (TPSA) is 107 Å². The molecule has 2 heterocycles. The summed E-state index contributed by atoms with van der Waals surface area (Å²) >= 11 is 0. The number of nitro benzene ring substituents is 1. The maximum atomic E-state index is 14.7. The van der Waals surface area contributed by atoms with Gasteiger partial charge in [0.15, 0.2) is 17.3 Å². The second kappa shape index (κ2) is 9.34. The monoisotopic (exact) mass is 556 g/mol. The summed E-state index contributed by atoms with van der Waals surface area (Å²) < 4.78 is 5.38. The van der Waals surface area contributed by atoms with Gasteiger partial charge in [-0.2, -0.15) is 0 Å². The van der Waals surface area contributed by atoms with Crippen LogP contribution in [0, 0.1) is 15.5 Å². The lowest BCUT2D eigenvalue weighted by Gasteiger charge is -2.37. The Balaban J connectivity index is 1.53. The van der Waals surface area contributed by atoms with Crippen molar-refractivity contribution in [2.45, 2.75) is 18.0 Å². The number of benzene rings is 4. The highest BCUT2D eigenvalue weighted by atomic mass is 16.6. The molecule has 1 aliphatic carbocycles. The van der Waals surface area contributed by atoms with Crippen LogP contribution in [0.4, 0.5) is 11.4 Å². The molecule has 1 saturated heterocycles. The third-order valence-electron chi connectivity index (χ3n) is 8.80. The molecule has 0 N–H and O–H groups in total. The molecule has 7 rings (SSSR count). The van der Waals surface area contributed by atoms with Crippen LogP contribution in [0.15, 0.2) is 103 Å². The van der Waals surface area contributed by atoms with Gasteiger partial charge < -0.3 is 9.64 Å². The van der Waals surface area contributed by atoms with E-state index >= 15 is 0 Å². The van der Waals surface area contributed by atoms with Gasteiger partial charge in [0.25, 0.3) is 5.69 Å². The Bertz CT molecular complexity index is 1810. The molecule has 1 fully saturated rings. The van der Waals surface area contributed by atoms with Gasteiger partial charge in [0.1, 0.15) is 17.2 Å². The number of methoxy groups -OCH3 is 1. The Morgan fingerprint density at radius 3 is 2.21 bits per heavy atom. The molecular formula is C34H24N2O6. The number of non-ortho nitro benzene ring substituents is 1. The van der Waals surface area contributed by atoms with Crippen LogP contribution in [0.5, 0.6) is 5.75 Å². The first-order chi connectivity index (χ1) is 20.4. The lowest BCUT2D eigenvalue weighted by atomic mass is 9.64. The number of hydrogen-bond donors (Lipinski definition) is 0. The van der Waals surface area contributed by atoms with Crippen LogP contribution in [-0.2, 0) is 0 Å². The quantitative estimate of drug-likeness (QED) is 0.130. The van der Waals surface area contributed by atoms with Crippen molar-refractivity contribution in [2.75, 3.05) is 12.0 Å². The van der Waals surface area contributed by atoms with Crippen LogP contribution >= 0.6 is 0 Å². The maximum absolute atomic E-state index is 14.7. The zero-order valence-corrected chi connectivity index (χ0v) is 22.5. The van der Waals surface area contributed by atoms with Gasteiger partial charge in [0.05, 0.1) is 18.1 Å². The van der Waals surface area contributed by atoms with Crippen molar-refractivity contribution in [1.29, 1.82) is 0 Å². The summed E-state index contributed by atoms with van der Waals surface area (Å²) in [5, 5.41) is 11.6. The first-order valence-corrected chi connectivity index (χ1v) is 13.5. The smallest absolute Gasteiger partial charge is 0.270 e. The van der Waals surface area contributed by atoms with Crippen molar-refractivity contribution < 1.29 is 24.0 Å². The fourth-order valence-electron chi connectivity index (χ4n) is 7.05. The molecule has 0 radical (unpaired) electrons. The van der Waals surface area contributed by atoms with E-state index in [0.717, 1.165) is 5.56 Å². The Kier molecular flexibility index (Phi) is 5.69. The average molecular weight is 557 g/mol. The number of rotatable bonds is 5. The fourth-order valence-corrected chi connectivity index (χ4v) is 7.05. The molecule has 42 heavy (non-hydrogen) atoms. The molecule has 0 bridgehead atoms. The highest BCUT2D eigenvalue weighted by Crippen LogP contribution is 2.61. The molecule has 4 aromatic rings. The Hall–Kier alpha value is -5.37. The average Bonchev–Trinajstić information content (AvgIpc) is 3.47. The van der Waals surface area contributed by atoms with Crippen molar-refractivity contribution >= 4 is 34.8 Å². The van der Waals surface area contributed by atoms with Crippen LogP contribution in [0.1, 0.15) is 48.1 Å². The molecule has 4 aromatic carbocycles. The normalized spacial score (nSPS) is 21.2. The van der Waals surface area contributed by atoms with Gasteiger partial charge >= 0.3 is 0 Å². The standard InChI is InChI=1S/C34H24N2O6/c1-42-24-16-13-21(14-17-24)29-30(31(37)22-8-6-9-23(19-22)36(40)41)35-27-12-5-2-7-20(27)15-18-28(35)34(29)32(38)25-10-3-4-11-26(25)33(34)39/h2-19,28-30H,1H3/t28-,29-,30+/m1/s1. The first kappa shape index (κ1) is 25.6. The molecule has 2 aliphatic heterocycles. The zero-order valence-electron chi connectivity index (χ0n) is 22.5. The fraction of sp³-hybridized carbons (Fsp3) is 0.147. The number of Topliss-reactive ketones (excluding diaryl/α,β-unsaturated/α-hetero) is 3. The summed E-state index contributed by atoms with van der Waals surface area (Å²) in [6.45, 7) is 0. The molecule has 8 heteroatoms. The molecule has 1 spiro atoms. The number of para-hydroxylation sites is 1. The SMILES string of the molecule is COc1ccc([C@@H]2[C@@H](C(=O)c3cccc([N+](=O)[O-])c3)N3c4ccccc4C=C[C@@H]3C23C(=O)c2ccccc2C3=O)cc1. The number of nitro groups is 1. The third-order valence-corrected chi connectivity index (χ3v) is 8.80. The van der Waals surface area contributed by atoms with Crippen LogP contribution in [0.2, 0.25) is 0 Å². The predicted molar refractivity (Wildman–Crippen MR) is 156 cm³/mol. The lowest BCUT2D eigenvalue weighted by molar-refractivity contribution is -0.384. The number of hydrogen-bond acceptors (Lipinski definition) is 7. The van der Waals surface area contributed by atoms with Crippen LogP contribution in [-0.4, -0.2) is 41.5 Å². The molecule has 0 unspecified atom stereocenters. The van der Waals surface area contributed by atoms with E-state index in [0.29, 0.717) is 28.1 Å². The molecule has 206 valence electrons.